The molecule has 5 rings (SSSR count). The van der Waals surface area contributed by atoms with Crippen LogP contribution in [0.4, 0.5) is 10.2 Å². The lowest BCUT2D eigenvalue weighted by Crippen LogP contribution is -2.30. The number of benzene rings is 1. The van der Waals surface area contributed by atoms with Crippen LogP contribution in [-0.4, -0.2) is 37.8 Å². The highest BCUT2D eigenvalue weighted by molar-refractivity contribution is 6.03. The summed E-state index contributed by atoms with van der Waals surface area (Å²) < 4.78 is 21.9. The molecule has 0 saturated carbocycles. The Morgan fingerprint density at radius 1 is 1.14 bits per heavy atom. The molecule has 174 valence electrons. The number of carbonyl (C=O) groups is 1. The van der Waals surface area contributed by atoms with Gasteiger partial charge in [0.05, 0.1) is 19.0 Å². The quantitative estimate of drug-likeness (QED) is 0.299. The summed E-state index contributed by atoms with van der Waals surface area (Å²) in [5, 5.41) is 16.8. The number of imidazole rings is 1. The molecular formula is C25H20FN6O3+. The van der Waals surface area contributed by atoms with E-state index in [1.54, 1.807) is 73.4 Å². The maximum absolute atomic E-state index is 14.0. The van der Waals surface area contributed by atoms with E-state index in [9.17, 15) is 14.4 Å². The minimum Gasteiger partial charge on any atom is -0.493 e. The number of ether oxygens (including phenoxy) is 1. The predicted octanol–water partition coefficient (Wildman–Crippen LogP) is 3.69. The van der Waals surface area contributed by atoms with Crippen LogP contribution in [0.15, 0.2) is 73.3 Å². The summed E-state index contributed by atoms with van der Waals surface area (Å²) in [5.41, 5.74) is 3.79. The standard InChI is InChI=1S/C25H19FN6O3/c1-15-12-16(5-6-19(15)26)22-23(32-24(30-22)20(35-2)8-10-28-32)17-7-9-27-21(13-17)29-25(33)18-4-3-11-31(34)14-18/h3-14H,1-2H3,(H-,27,29,33,34)/p+1. The summed E-state index contributed by atoms with van der Waals surface area (Å²) >= 11 is 0. The highest BCUT2D eigenvalue weighted by atomic mass is 19.1. The molecule has 0 saturated heterocycles. The fraction of sp³-hybridized carbons (Fsp3) is 0.0800. The van der Waals surface area contributed by atoms with E-state index < -0.39 is 5.91 Å². The van der Waals surface area contributed by atoms with Crippen LogP contribution >= 0.6 is 0 Å². The molecule has 0 fully saturated rings. The number of methoxy groups -OCH3 is 1. The molecule has 0 unspecified atom stereocenters. The number of hydrogen-bond acceptors (Lipinski definition) is 6. The lowest BCUT2D eigenvalue weighted by atomic mass is 10.0. The highest BCUT2D eigenvalue weighted by Crippen LogP contribution is 2.35. The zero-order valence-electron chi connectivity index (χ0n) is 18.8. The van der Waals surface area contributed by atoms with Crippen molar-refractivity contribution in [3.8, 4) is 28.3 Å². The van der Waals surface area contributed by atoms with Crippen LogP contribution in [0.5, 0.6) is 5.75 Å². The van der Waals surface area contributed by atoms with Gasteiger partial charge in [0.1, 0.15) is 22.9 Å². The van der Waals surface area contributed by atoms with Gasteiger partial charge >= 0.3 is 0 Å². The molecule has 1 aromatic carbocycles. The number of anilines is 1. The topological polar surface area (TPSA) is 106 Å². The van der Waals surface area contributed by atoms with E-state index in [4.69, 9.17) is 9.72 Å². The van der Waals surface area contributed by atoms with Crippen LogP contribution in [0.2, 0.25) is 0 Å². The molecule has 0 bridgehead atoms. The van der Waals surface area contributed by atoms with E-state index >= 15 is 0 Å². The number of hydrogen-bond donors (Lipinski definition) is 2. The fourth-order valence-electron chi connectivity index (χ4n) is 3.77. The van der Waals surface area contributed by atoms with Crippen molar-refractivity contribution in [2.45, 2.75) is 6.92 Å². The number of amides is 1. The summed E-state index contributed by atoms with van der Waals surface area (Å²) in [6, 6.07) is 13.1. The van der Waals surface area contributed by atoms with Crippen LogP contribution in [0, 0.1) is 12.7 Å². The molecule has 0 aliphatic carbocycles. The summed E-state index contributed by atoms with van der Waals surface area (Å²) in [5.74, 6) is 0.0642. The van der Waals surface area contributed by atoms with Crippen molar-refractivity contribution in [3.05, 3.63) is 90.3 Å². The Morgan fingerprint density at radius 3 is 2.77 bits per heavy atom. The van der Waals surface area contributed by atoms with Crippen LogP contribution in [0.3, 0.4) is 0 Å². The highest BCUT2D eigenvalue weighted by Gasteiger charge is 2.21. The van der Waals surface area contributed by atoms with Gasteiger partial charge < -0.3 is 10.1 Å². The second-order valence-electron chi connectivity index (χ2n) is 7.76. The van der Waals surface area contributed by atoms with E-state index in [1.807, 2.05) is 0 Å². The molecule has 9 nitrogen and oxygen atoms in total. The first-order valence-electron chi connectivity index (χ1n) is 10.6. The maximum Gasteiger partial charge on any atom is 0.263 e. The molecule has 0 radical (unpaired) electrons. The van der Waals surface area contributed by atoms with Gasteiger partial charge in [0.2, 0.25) is 12.4 Å². The van der Waals surface area contributed by atoms with Gasteiger partial charge in [-0.25, -0.2) is 18.9 Å². The maximum atomic E-state index is 14.0. The monoisotopic (exact) mass is 471 g/mol. The van der Waals surface area contributed by atoms with Crippen molar-refractivity contribution in [1.29, 1.82) is 0 Å². The number of pyridine rings is 2. The van der Waals surface area contributed by atoms with Gasteiger partial charge in [0, 0.05) is 34.2 Å². The van der Waals surface area contributed by atoms with Crippen LogP contribution in [-0.2, 0) is 0 Å². The van der Waals surface area contributed by atoms with Crippen LogP contribution < -0.4 is 14.8 Å². The number of nitrogens with one attached hydrogen (secondary N) is 1. The average molecular weight is 471 g/mol. The van der Waals surface area contributed by atoms with Gasteiger partial charge in [-0.05, 0) is 48.9 Å². The lowest BCUT2D eigenvalue weighted by Gasteiger charge is -2.09. The van der Waals surface area contributed by atoms with E-state index in [0.717, 1.165) is 4.73 Å². The Labute approximate surface area is 199 Å². The first-order valence-corrected chi connectivity index (χ1v) is 10.6. The number of halogens is 1. The third-order valence-electron chi connectivity index (χ3n) is 5.46. The second kappa shape index (κ2) is 8.82. The van der Waals surface area contributed by atoms with Crippen molar-refractivity contribution in [1.82, 2.24) is 19.6 Å². The van der Waals surface area contributed by atoms with E-state index in [2.05, 4.69) is 15.4 Å². The van der Waals surface area contributed by atoms with Gasteiger partial charge in [-0.1, -0.05) is 0 Å². The van der Waals surface area contributed by atoms with E-state index in [1.165, 1.54) is 18.5 Å². The Kier molecular flexibility index (Phi) is 5.54. The molecule has 2 N–H and O–H groups in total. The normalized spacial score (nSPS) is 10.9. The van der Waals surface area contributed by atoms with Gasteiger partial charge in [-0.2, -0.15) is 5.10 Å². The molecule has 5 aromatic rings. The molecule has 35 heavy (non-hydrogen) atoms. The molecule has 1 amide bonds. The summed E-state index contributed by atoms with van der Waals surface area (Å²) in [7, 11) is 1.55. The third-order valence-corrected chi connectivity index (χ3v) is 5.46. The summed E-state index contributed by atoms with van der Waals surface area (Å²) in [4.78, 5) is 21.7. The molecular weight excluding hydrogens is 451 g/mol. The third kappa shape index (κ3) is 4.12. The average Bonchev–Trinajstić information content (AvgIpc) is 3.25. The van der Waals surface area contributed by atoms with Crippen molar-refractivity contribution in [2.75, 3.05) is 12.4 Å². The number of fused-ring (bicyclic) bond motifs is 1. The Bertz CT molecular complexity index is 1580. The number of aromatic nitrogens is 5. The molecule has 0 aliphatic rings. The van der Waals surface area contributed by atoms with Gasteiger partial charge in [-0.15, -0.1) is 0 Å². The second-order valence-corrected chi connectivity index (χ2v) is 7.76. The number of nitrogens with zero attached hydrogens (tertiary/aromatic N) is 5. The van der Waals surface area contributed by atoms with Gasteiger partial charge in [0.15, 0.2) is 11.4 Å². The Morgan fingerprint density at radius 2 is 2.00 bits per heavy atom. The Balaban J connectivity index is 1.63. The molecule has 4 aromatic heterocycles. The number of aryl methyl sites for hydroxylation is 1. The lowest BCUT2D eigenvalue weighted by molar-refractivity contribution is -0.904. The zero-order valence-corrected chi connectivity index (χ0v) is 18.8. The van der Waals surface area contributed by atoms with Crippen LogP contribution in [0.1, 0.15) is 15.9 Å². The van der Waals surface area contributed by atoms with Gasteiger partial charge in [-0.3, -0.25) is 10.0 Å². The van der Waals surface area contributed by atoms with Crippen LogP contribution in [0.25, 0.3) is 28.2 Å². The summed E-state index contributed by atoms with van der Waals surface area (Å²) in [6.45, 7) is 1.69. The van der Waals surface area contributed by atoms with Crippen molar-refractivity contribution >= 4 is 17.4 Å². The SMILES string of the molecule is COc1ccnn2c(-c3ccnc(NC(=O)c4ccc[n+](O)c4)c3)c(-c3ccc(F)c(C)c3)nc12. The largest absolute Gasteiger partial charge is 0.493 e. The first-order chi connectivity index (χ1) is 16.9. The molecule has 4 heterocycles. The first kappa shape index (κ1) is 22.0. The molecule has 0 atom stereocenters. The molecule has 10 heteroatoms. The van der Waals surface area contributed by atoms with E-state index in [0.29, 0.717) is 45.3 Å². The molecule has 0 spiro atoms. The predicted molar refractivity (Wildman–Crippen MR) is 125 cm³/mol. The van der Waals surface area contributed by atoms with Crippen molar-refractivity contribution < 1.29 is 23.9 Å². The minimum absolute atomic E-state index is 0.255. The smallest absolute Gasteiger partial charge is 0.263 e. The summed E-state index contributed by atoms with van der Waals surface area (Å²) in [6.07, 6.45) is 5.84. The van der Waals surface area contributed by atoms with Gasteiger partial charge in [0.25, 0.3) is 5.91 Å². The van der Waals surface area contributed by atoms with Crippen molar-refractivity contribution in [3.63, 3.8) is 0 Å². The number of carbonyl (C=O) groups excluding carboxylic acids is 1. The van der Waals surface area contributed by atoms with Crippen molar-refractivity contribution in [2.24, 2.45) is 0 Å². The minimum atomic E-state index is -0.439. The molecule has 0 aliphatic heterocycles. The number of rotatable bonds is 5. The fourth-order valence-corrected chi connectivity index (χ4v) is 3.77. The van der Waals surface area contributed by atoms with E-state index in [-0.39, 0.29) is 11.4 Å². The Hall–Kier alpha value is -4.86. The zero-order chi connectivity index (χ0) is 24.5.